The highest BCUT2D eigenvalue weighted by molar-refractivity contribution is 7.25. The van der Waals surface area contributed by atoms with Crippen LogP contribution >= 0.6 is 11.3 Å². The first-order valence-electron chi connectivity index (χ1n) is 23.3. The van der Waals surface area contributed by atoms with Gasteiger partial charge >= 0.3 is 0 Å². The van der Waals surface area contributed by atoms with Gasteiger partial charge in [-0.15, -0.1) is 11.3 Å². The van der Waals surface area contributed by atoms with Gasteiger partial charge in [0.05, 0.1) is 22.4 Å². The summed E-state index contributed by atoms with van der Waals surface area (Å²) in [7, 11) is 0. The molecule has 14 rings (SSSR count). The number of pyridine rings is 1. The molecule has 0 radical (unpaired) electrons. The number of para-hydroxylation sites is 1. The third-order valence-electron chi connectivity index (χ3n) is 13.9. The van der Waals surface area contributed by atoms with Gasteiger partial charge in [0.1, 0.15) is 0 Å². The summed E-state index contributed by atoms with van der Waals surface area (Å²) < 4.78 is 5.04. The third-order valence-corrected chi connectivity index (χ3v) is 15.1. The molecule has 316 valence electrons. The van der Waals surface area contributed by atoms with Crippen molar-refractivity contribution in [2.45, 2.75) is 0 Å². The lowest BCUT2D eigenvalue weighted by atomic mass is 9.91. The van der Waals surface area contributed by atoms with E-state index in [0.717, 1.165) is 61.5 Å². The van der Waals surface area contributed by atoms with Crippen molar-refractivity contribution in [1.82, 2.24) is 9.55 Å². The lowest BCUT2D eigenvalue weighted by molar-refractivity contribution is 1.18. The fourth-order valence-electron chi connectivity index (χ4n) is 10.7. The number of fused-ring (bicyclic) bond motifs is 12. The maximum absolute atomic E-state index is 5.63. The summed E-state index contributed by atoms with van der Waals surface area (Å²) >= 11 is 1.84. The van der Waals surface area contributed by atoms with Crippen molar-refractivity contribution >= 4 is 85.6 Å². The Morgan fingerprint density at radius 2 is 0.721 bits per heavy atom. The zero-order valence-corrected chi connectivity index (χ0v) is 37.7. The van der Waals surface area contributed by atoms with Gasteiger partial charge in [-0.3, -0.25) is 0 Å². The molecule has 0 aliphatic heterocycles. The zero-order valence-electron chi connectivity index (χ0n) is 36.9. The van der Waals surface area contributed by atoms with E-state index in [1.807, 2.05) is 11.3 Å². The molecule has 3 heteroatoms. The lowest BCUT2D eigenvalue weighted by Crippen LogP contribution is -1.98. The fourth-order valence-corrected chi connectivity index (χ4v) is 11.8. The van der Waals surface area contributed by atoms with Crippen LogP contribution in [0.25, 0.3) is 136 Å². The molecule has 11 aromatic carbocycles. The van der Waals surface area contributed by atoms with E-state index in [1.165, 1.54) is 74.4 Å². The second kappa shape index (κ2) is 15.5. The quantitative estimate of drug-likeness (QED) is 0.152. The van der Waals surface area contributed by atoms with Crippen LogP contribution in [0.5, 0.6) is 0 Å². The Balaban J connectivity index is 1.05. The minimum atomic E-state index is 0.919. The summed E-state index contributed by atoms with van der Waals surface area (Å²) in [6.45, 7) is 0. The molecule has 0 fully saturated rings. The lowest BCUT2D eigenvalue weighted by Gasteiger charge is -2.16. The van der Waals surface area contributed by atoms with Crippen molar-refractivity contribution in [2.24, 2.45) is 0 Å². The summed E-state index contributed by atoms with van der Waals surface area (Å²) in [5.41, 5.74) is 14.4. The summed E-state index contributed by atoms with van der Waals surface area (Å²) in [6, 6.07) is 89.1. The molecule has 0 saturated heterocycles. The Hall–Kier alpha value is -8.63. The van der Waals surface area contributed by atoms with Crippen LogP contribution in [0, 0.1) is 0 Å². The van der Waals surface area contributed by atoms with Gasteiger partial charge in [-0.1, -0.05) is 176 Å². The molecule has 2 nitrogen and oxygen atoms in total. The molecule has 0 aliphatic rings. The minimum Gasteiger partial charge on any atom is -0.309 e. The summed E-state index contributed by atoms with van der Waals surface area (Å²) in [5, 5.41) is 12.6. The van der Waals surface area contributed by atoms with E-state index in [0.29, 0.717) is 0 Å². The van der Waals surface area contributed by atoms with E-state index < -0.39 is 0 Å². The van der Waals surface area contributed by atoms with Crippen molar-refractivity contribution in [3.8, 4) is 61.6 Å². The Morgan fingerprint density at radius 3 is 1.44 bits per heavy atom. The number of benzene rings is 11. The Bertz CT molecular complexity index is 4280. The Labute approximate surface area is 397 Å². The molecule has 0 aliphatic carbocycles. The van der Waals surface area contributed by atoms with Crippen LogP contribution in [-0.4, -0.2) is 9.55 Å². The smallest absolute Gasteiger partial charge is 0.0716 e. The molecular formula is C65H40N2S. The molecule has 3 aromatic heterocycles. The monoisotopic (exact) mass is 880 g/mol. The van der Waals surface area contributed by atoms with E-state index in [9.17, 15) is 0 Å². The van der Waals surface area contributed by atoms with Crippen LogP contribution in [0.3, 0.4) is 0 Å². The number of hydrogen-bond donors (Lipinski definition) is 0. The van der Waals surface area contributed by atoms with Crippen molar-refractivity contribution in [3.63, 3.8) is 0 Å². The molecular weight excluding hydrogens is 841 g/mol. The van der Waals surface area contributed by atoms with Gasteiger partial charge in [0.15, 0.2) is 0 Å². The number of nitrogens with zero attached hydrogens (tertiary/aromatic N) is 2. The maximum atomic E-state index is 5.63. The van der Waals surface area contributed by atoms with Crippen molar-refractivity contribution in [3.05, 3.63) is 243 Å². The van der Waals surface area contributed by atoms with Gasteiger partial charge < -0.3 is 4.57 Å². The standard InChI is InChI=1S/C65H40N2S/c1-3-15-41(16-4-1)44-28-31-56-55-23-11-13-25-62(55)67(63(56)40-44)49-34-46(43-27-30-54-52-21-8-7-19-50(52)51-20-9-10-22-53(51)58(54)36-43)33-48(35-49)61-39-47(42-17-5-2-6-18-42)38-60(66-61)45-29-32-65-59(37-45)57-24-12-14-26-64(57)68-65/h1-40H. The SMILES string of the molecule is c1ccc(-c2cc(-c3cc(-c4ccc5c6ccccc6c6ccccc6c5c4)cc(-n4c5ccccc5c5ccc(-c6ccccc6)cc54)c3)nc(-c3ccc4sc5ccccc5c4c3)c2)cc1. The van der Waals surface area contributed by atoms with Crippen LogP contribution in [0.2, 0.25) is 0 Å². The van der Waals surface area contributed by atoms with E-state index in [4.69, 9.17) is 4.98 Å². The summed E-state index contributed by atoms with van der Waals surface area (Å²) in [5.74, 6) is 0. The average molecular weight is 881 g/mol. The zero-order chi connectivity index (χ0) is 44.7. The Kier molecular flexibility index (Phi) is 8.80. The van der Waals surface area contributed by atoms with E-state index in [1.54, 1.807) is 0 Å². The summed E-state index contributed by atoms with van der Waals surface area (Å²) in [4.78, 5) is 5.63. The normalized spacial score (nSPS) is 11.8. The predicted molar refractivity (Wildman–Crippen MR) is 291 cm³/mol. The second-order valence-corrected chi connectivity index (χ2v) is 19.0. The molecule has 3 heterocycles. The van der Waals surface area contributed by atoms with Crippen LogP contribution in [0.15, 0.2) is 243 Å². The second-order valence-electron chi connectivity index (χ2n) is 17.9. The molecule has 0 amide bonds. The van der Waals surface area contributed by atoms with Gasteiger partial charge in [-0.25, -0.2) is 4.98 Å². The maximum Gasteiger partial charge on any atom is 0.0716 e. The number of hydrogen-bond acceptors (Lipinski definition) is 2. The van der Waals surface area contributed by atoms with Crippen molar-refractivity contribution in [1.29, 1.82) is 0 Å². The molecule has 68 heavy (non-hydrogen) atoms. The minimum absolute atomic E-state index is 0.919. The first-order valence-corrected chi connectivity index (χ1v) is 24.1. The largest absolute Gasteiger partial charge is 0.309 e. The topological polar surface area (TPSA) is 17.8 Å². The molecule has 0 bridgehead atoms. The molecule has 0 unspecified atom stereocenters. The van der Waals surface area contributed by atoms with Gasteiger partial charge in [-0.2, -0.15) is 0 Å². The first kappa shape index (κ1) is 38.6. The van der Waals surface area contributed by atoms with Gasteiger partial charge in [0.25, 0.3) is 0 Å². The van der Waals surface area contributed by atoms with E-state index in [2.05, 4.69) is 247 Å². The molecule has 14 aromatic rings. The highest BCUT2D eigenvalue weighted by Crippen LogP contribution is 2.42. The van der Waals surface area contributed by atoms with Crippen LogP contribution in [-0.2, 0) is 0 Å². The molecule has 0 saturated carbocycles. The van der Waals surface area contributed by atoms with E-state index >= 15 is 0 Å². The number of rotatable bonds is 6. The molecule has 0 spiro atoms. The molecule has 0 N–H and O–H groups in total. The number of thiophene rings is 1. The van der Waals surface area contributed by atoms with Crippen LogP contribution in [0.4, 0.5) is 0 Å². The predicted octanol–water partition coefficient (Wildman–Crippen LogP) is 18.3. The van der Waals surface area contributed by atoms with Gasteiger partial charge in [0, 0.05) is 47.8 Å². The molecule has 0 atom stereocenters. The van der Waals surface area contributed by atoms with Crippen LogP contribution < -0.4 is 0 Å². The average Bonchev–Trinajstić information content (AvgIpc) is 3.96. The third kappa shape index (κ3) is 6.28. The van der Waals surface area contributed by atoms with E-state index in [-0.39, 0.29) is 0 Å². The van der Waals surface area contributed by atoms with Gasteiger partial charge in [0.2, 0.25) is 0 Å². The fraction of sp³-hybridized carbons (Fsp3) is 0. The van der Waals surface area contributed by atoms with Crippen molar-refractivity contribution in [2.75, 3.05) is 0 Å². The highest BCUT2D eigenvalue weighted by atomic mass is 32.1. The highest BCUT2D eigenvalue weighted by Gasteiger charge is 2.19. The van der Waals surface area contributed by atoms with Crippen molar-refractivity contribution < 1.29 is 0 Å². The number of aromatic nitrogens is 2. The Morgan fingerprint density at radius 1 is 0.250 bits per heavy atom. The van der Waals surface area contributed by atoms with Crippen LogP contribution in [0.1, 0.15) is 0 Å². The van der Waals surface area contributed by atoms with Gasteiger partial charge in [-0.05, 0) is 132 Å². The first-order chi connectivity index (χ1) is 33.7. The summed E-state index contributed by atoms with van der Waals surface area (Å²) in [6.07, 6.45) is 0.